The number of aromatic nitrogens is 3. The number of hydrogen-bond donors (Lipinski definition) is 1. The van der Waals surface area contributed by atoms with Gasteiger partial charge < -0.3 is 10.2 Å². The van der Waals surface area contributed by atoms with Gasteiger partial charge in [0, 0.05) is 31.4 Å². The summed E-state index contributed by atoms with van der Waals surface area (Å²) in [6, 6.07) is 18.4. The van der Waals surface area contributed by atoms with E-state index in [1.165, 1.54) is 34.1 Å². The number of rotatable bonds is 5. The average Bonchev–Trinajstić information content (AvgIpc) is 3.49. The Kier molecular flexibility index (Phi) is 5.53. The molecule has 1 aliphatic rings. The van der Waals surface area contributed by atoms with Gasteiger partial charge in [0.25, 0.3) is 5.91 Å². The summed E-state index contributed by atoms with van der Waals surface area (Å²) >= 11 is 0. The third-order valence-electron chi connectivity index (χ3n) is 5.66. The van der Waals surface area contributed by atoms with Crippen molar-refractivity contribution in [2.45, 2.75) is 25.8 Å². The fourth-order valence-electron chi connectivity index (χ4n) is 3.91. The molecule has 0 unspecified atom stereocenters. The molecule has 4 aromatic rings. The van der Waals surface area contributed by atoms with E-state index < -0.39 is 11.7 Å². The first-order valence-electron chi connectivity index (χ1n) is 10.6. The average molecular weight is 463 g/mol. The molecule has 0 saturated heterocycles. The molecule has 1 amide bonds. The van der Waals surface area contributed by atoms with E-state index >= 15 is 0 Å². The number of hydrogen-bond acceptors (Lipinski definition) is 4. The van der Waals surface area contributed by atoms with Crippen molar-refractivity contribution in [1.82, 2.24) is 20.1 Å². The molecule has 1 N–H and O–H groups in total. The van der Waals surface area contributed by atoms with Gasteiger partial charge in [0.05, 0.1) is 17.4 Å². The topological polar surface area (TPSA) is 63.1 Å². The fraction of sp³-hybridized carbons (Fsp3) is 0.160. The third kappa shape index (κ3) is 4.50. The monoisotopic (exact) mass is 463 g/mol. The lowest BCUT2D eigenvalue weighted by atomic mass is 10.1. The van der Waals surface area contributed by atoms with E-state index in [9.17, 15) is 18.0 Å². The van der Waals surface area contributed by atoms with E-state index in [1.54, 1.807) is 18.3 Å². The van der Waals surface area contributed by atoms with Crippen molar-refractivity contribution in [3.05, 3.63) is 107 Å². The van der Waals surface area contributed by atoms with Crippen LogP contribution in [0.3, 0.4) is 0 Å². The molecule has 1 aliphatic heterocycles. The zero-order valence-corrected chi connectivity index (χ0v) is 18.0. The highest BCUT2D eigenvalue weighted by Gasteiger charge is 2.30. The molecule has 0 saturated carbocycles. The van der Waals surface area contributed by atoms with Crippen molar-refractivity contribution >= 4 is 11.7 Å². The minimum atomic E-state index is -4.43. The summed E-state index contributed by atoms with van der Waals surface area (Å²) in [5, 5.41) is 6.92. The lowest BCUT2D eigenvalue weighted by molar-refractivity contribution is -0.137. The SMILES string of the molecule is O=C(NCc1cnn(-c2cccc(C(F)(F)F)c2)c1)c1cccc(N2Cc3ccccc3C2)n1. The van der Waals surface area contributed by atoms with Crippen LogP contribution < -0.4 is 10.2 Å². The Morgan fingerprint density at radius 1 is 0.971 bits per heavy atom. The summed E-state index contributed by atoms with van der Waals surface area (Å²) in [4.78, 5) is 19.3. The molecule has 0 spiro atoms. The van der Waals surface area contributed by atoms with Crippen LogP contribution in [-0.4, -0.2) is 20.7 Å². The molecule has 9 heteroatoms. The largest absolute Gasteiger partial charge is 0.416 e. The maximum absolute atomic E-state index is 13.0. The zero-order valence-electron chi connectivity index (χ0n) is 18.0. The highest BCUT2D eigenvalue weighted by atomic mass is 19.4. The molecule has 34 heavy (non-hydrogen) atoms. The molecule has 0 aliphatic carbocycles. The molecule has 2 aromatic heterocycles. The van der Waals surface area contributed by atoms with Gasteiger partial charge in [0.2, 0.25) is 0 Å². The van der Waals surface area contributed by atoms with Crippen LogP contribution in [0.5, 0.6) is 0 Å². The minimum absolute atomic E-state index is 0.166. The van der Waals surface area contributed by atoms with Crippen LogP contribution in [0.4, 0.5) is 19.0 Å². The van der Waals surface area contributed by atoms with Crippen LogP contribution in [0.2, 0.25) is 0 Å². The van der Waals surface area contributed by atoms with Crippen LogP contribution in [0.25, 0.3) is 5.69 Å². The van der Waals surface area contributed by atoms with E-state index in [1.807, 2.05) is 18.2 Å². The molecule has 5 rings (SSSR count). The molecule has 0 radical (unpaired) electrons. The van der Waals surface area contributed by atoms with Crippen molar-refractivity contribution in [3.8, 4) is 5.69 Å². The number of fused-ring (bicyclic) bond motifs is 1. The predicted molar refractivity (Wildman–Crippen MR) is 120 cm³/mol. The molecule has 3 heterocycles. The Balaban J connectivity index is 1.24. The third-order valence-corrected chi connectivity index (χ3v) is 5.66. The number of halogens is 3. The van der Waals surface area contributed by atoms with Gasteiger partial charge in [-0.25, -0.2) is 9.67 Å². The first kappa shape index (κ1) is 21.7. The Bertz CT molecular complexity index is 1320. The molecule has 0 bridgehead atoms. The number of alkyl halides is 3. The maximum atomic E-state index is 13.0. The van der Waals surface area contributed by atoms with Gasteiger partial charge >= 0.3 is 6.18 Å². The number of benzene rings is 2. The second-order valence-corrected chi connectivity index (χ2v) is 8.03. The quantitative estimate of drug-likeness (QED) is 0.465. The standard InChI is InChI=1S/C25H20F3N5O/c26-25(27,28)20-7-3-8-21(11-20)33-14-17(13-30-33)12-29-24(34)22-9-4-10-23(31-22)32-15-18-5-1-2-6-19(18)16-32/h1-11,13-14H,12,15-16H2,(H,29,34). The molecule has 0 fully saturated rings. The molecular weight excluding hydrogens is 443 g/mol. The lowest BCUT2D eigenvalue weighted by Crippen LogP contribution is -2.25. The Morgan fingerprint density at radius 2 is 1.71 bits per heavy atom. The predicted octanol–water partition coefficient (Wildman–Crippen LogP) is 4.74. The van der Waals surface area contributed by atoms with Crippen LogP contribution in [0, 0.1) is 0 Å². The van der Waals surface area contributed by atoms with E-state index in [0.717, 1.165) is 31.0 Å². The molecule has 0 atom stereocenters. The minimum Gasteiger partial charge on any atom is -0.348 e. The van der Waals surface area contributed by atoms with Gasteiger partial charge in [0.1, 0.15) is 11.5 Å². The summed E-state index contributed by atoms with van der Waals surface area (Å²) in [6.07, 6.45) is -1.34. The summed E-state index contributed by atoms with van der Waals surface area (Å²) in [6.45, 7) is 1.64. The molecule has 2 aromatic carbocycles. The van der Waals surface area contributed by atoms with E-state index in [-0.39, 0.29) is 18.1 Å². The van der Waals surface area contributed by atoms with Gasteiger partial charge in [0.15, 0.2) is 0 Å². The second kappa shape index (κ2) is 8.66. The van der Waals surface area contributed by atoms with E-state index in [4.69, 9.17) is 0 Å². The van der Waals surface area contributed by atoms with Crippen molar-refractivity contribution < 1.29 is 18.0 Å². The zero-order chi connectivity index (χ0) is 23.7. The normalized spacial score (nSPS) is 13.1. The Morgan fingerprint density at radius 3 is 2.44 bits per heavy atom. The van der Waals surface area contributed by atoms with Crippen molar-refractivity contribution in [3.63, 3.8) is 0 Å². The summed E-state index contributed by atoms with van der Waals surface area (Å²) in [5.41, 5.74) is 2.97. The van der Waals surface area contributed by atoms with Gasteiger partial charge in [-0.3, -0.25) is 4.79 Å². The van der Waals surface area contributed by atoms with E-state index in [0.29, 0.717) is 11.3 Å². The number of nitrogens with one attached hydrogen (secondary N) is 1. The van der Waals surface area contributed by atoms with Gasteiger partial charge in [-0.2, -0.15) is 18.3 Å². The molecule has 172 valence electrons. The number of anilines is 1. The second-order valence-electron chi connectivity index (χ2n) is 8.03. The van der Waals surface area contributed by atoms with Crippen LogP contribution in [0.1, 0.15) is 32.7 Å². The van der Waals surface area contributed by atoms with Gasteiger partial charge in [-0.15, -0.1) is 0 Å². The lowest BCUT2D eigenvalue weighted by Gasteiger charge is -2.17. The molecule has 6 nitrogen and oxygen atoms in total. The van der Waals surface area contributed by atoms with Crippen LogP contribution in [-0.2, 0) is 25.8 Å². The summed E-state index contributed by atoms with van der Waals surface area (Å²) in [5.74, 6) is 0.381. The number of carbonyl (C=O) groups is 1. The first-order chi connectivity index (χ1) is 16.4. The van der Waals surface area contributed by atoms with Crippen LogP contribution in [0.15, 0.2) is 79.1 Å². The number of pyridine rings is 1. The fourth-order valence-corrected chi connectivity index (χ4v) is 3.91. The van der Waals surface area contributed by atoms with E-state index in [2.05, 4.69) is 32.4 Å². The number of carbonyl (C=O) groups excluding carboxylic acids is 1. The summed E-state index contributed by atoms with van der Waals surface area (Å²) < 4.78 is 40.3. The number of nitrogens with zero attached hydrogens (tertiary/aromatic N) is 4. The Labute approximate surface area is 193 Å². The highest BCUT2D eigenvalue weighted by molar-refractivity contribution is 5.92. The van der Waals surface area contributed by atoms with Gasteiger partial charge in [-0.05, 0) is 41.5 Å². The Hall–Kier alpha value is -4.14. The van der Waals surface area contributed by atoms with Crippen LogP contribution >= 0.6 is 0 Å². The van der Waals surface area contributed by atoms with Crippen molar-refractivity contribution in [2.24, 2.45) is 0 Å². The number of amides is 1. The van der Waals surface area contributed by atoms with Crippen molar-refractivity contribution in [2.75, 3.05) is 4.90 Å². The maximum Gasteiger partial charge on any atom is 0.416 e. The highest BCUT2D eigenvalue weighted by Crippen LogP contribution is 2.30. The van der Waals surface area contributed by atoms with Crippen molar-refractivity contribution in [1.29, 1.82) is 0 Å². The van der Waals surface area contributed by atoms with Gasteiger partial charge in [-0.1, -0.05) is 36.4 Å². The summed E-state index contributed by atoms with van der Waals surface area (Å²) in [7, 11) is 0. The molecular formula is C25H20F3N5O. The first-order valence-corrected chi connectivity index (χ1v) is 10.6. The smallest absolute Gasteiger partial charge is 0.348 e.